The Hall–Kier alpha value is -1.45. The van der Waals surface area contributed by atoms with Crippen LogP contribution in [0.4, 0.5) is 0 Å². The van der Waals surface area contributed by atoms with Gasteiger partial charge in [-0.3, -0.25) is 0 Å². The first-order valence-corrected chi connectivity index (χ1v) is 3.00. The minimum atomic E-state index is -0.506. The van der Waals surface area contributed by atoms with E-state index in [9.17, 15) is 4.79 Å². The SMILES string of the molecule is COC(=O)c1ccc(OC)o1. The summed E-state index contributed by atoms with van der Waals surface area (Å²) < 4.78 is 14.0. The van der Waals surface area contributed by atoms with Gasteiger partial charge in [0.15, 0.2) is 0 Å². The lowest BCUT2D eigenvalue weighted by molar-refractivity contribution is 0.0559. The predicted molar refractivity (Wildman–Crippen MR) is 36.6 cm³/mol. The molecule has 0 saturated carbocycles. The molecule has 0 aliphatic rings. The van der Waals surface area contributed by atoms with Crippen LogP contribution in [0.5, 0.6) is 5.95 Å². The summed E-state index contributed by atoms with van der Waals surface area (Å²) in [7, 11) is 2.75. The maximum Gasteiger partial charge on any atom is 0.374 e. The summed E-state index contributed by atoms with van der Waals surface area (Å²) in [4.78, 5) is 10.8. The molecule has 0 fully saturated rings. The average Bonchev–Trinajstić information content (AvgIpc) is 2.50. The fraction of sp³-hybridized carbons (Fsp3) is 0.286. The van der Waals surface area contributed by atoms with Crippen molar-refractivity contribution in [1.82, 2.24) is 0 Å². The van der Waals surface area contributed by atoms with Gasteiger partial charge in [0.2, 0.25) is 5.76 Å². The normalized spacial score (nSPS) is 9.27. The predicted octanol–water partition coefficient (Wildman–Crippen LogP) is 1.07. The average molecular weight is 156 g/mol. The van der Waals surface area contributed by atoms with Gasteiger partial charge in [-0.1, -0.05) is 0 Å². The van der Waals surface area contributed by atoms with Crippen LogP contribution in [0.15, 0.2) is 16.5 Å². The van der Waals surface area contributed by atoms with Crippen LogP contribution in [-0.4, -0.2) is 20.2 Å². The molecule has 0 atom stereocenters. The summed E-state index contributed by atoms with van der Waals surface area (Å²) in [5.41, 5.74) is 0. The van der Waals surface area contributed by atoms with Crippen LogP contribution in [-0.2, 0) is 4.74 Å². The Kier molecular flexibility index (Phi) is 2.15. The van der Waals surface area contributed by atoms with E-state index in [0.29, 0.717) is 5.95 Å². The van der Waals surface area contributed by atoms with Crippen molar-refractivity contribution < 1.29 is 18.7 Å². The molecule has 0 aromatic carbocycles. The molecular formula is C7H8O4. The fourth-order valence-corrected chi connectivity index (χ4v) is 0.640. The van der Waals surface area contributed by atoms with Gasteiger partial charge in [0.25, 0.3) is 5.95 Å². The largest absolute Gasteiger partial charge is 0.468 e. The molecule has 0 N–H and O–H groups in total. The van der Waals surface area contributed by atoms with E-state index in [0.717, 1.165) is 0 Å². The van der Waals surface area contributed by atoms with Crippen LogP contribution in [0.3, 0.4) is 0 Å². The van der Waals surface area contributed by atoms with Gasteiger partial charge < -0.3 is 13.9 Å². The molecule has 1 aromatic rings. The van der Waals surface area contributed by atoms with E-state index in [2.05, 4.69) is 4.74 Å². The van der Waals surface area contributed by atoms with E-state index in [1.807, 2.05) is 0 Å². The second-order valence-electron chi connectivity index (χ2n) is 1.81. The summed E-state index contributed by atoms with van der Waals surface area (Å²) in [5.74, 6) is -0.0666. The van der Waals surface area contributed by atoms with Crippen molar-refractivity contribution >= 4 is 5.97 Å². The van der Waals surface area contributed by atoms with Gasteiger partial charge in [0.1, 0.15) is 0 Å². The Labute approximate surface area is 63.7 Å². The highest BCUT2D eigenvalue weighted by atomic mass is 16.6. The number of methoxy groups -OCH3 is 2. The van der Waals surface area contributed by atoms with Gasteiger partial charge in [-0.15, -0.1) is 0 Å². The number of carbonyl (C=O) groups is 1. The monoisotopic (exact) mass is 156 g/mol. The molecule has 0 unspecified atom stereocenters. The third-order valence-electron chi connectivity index (χ3n) is 1.17. The molecule has 0 aliphatic carbocycles. The molecule has 0 amide bonds. The van der Waals surface area contributed by atoms with Crippen molar-refractivity contribution in [2.75, 3.05) is 14.2 Å². The van der Waals surface area contributed by atoms with Crippen LogP contribution >= 0.6 is 0 Å². The first kappa shape index (κ1) is 7.65. The van der Waals surface area contributed by atoms with Crippen molar-refractivity contribution in [1.29, 1.82) is 0 Å². The van der Waals surface area contributed by atoms with E-state index >= 15 is 0 Å². The summed E-state index contributed by atoms with van der Waals surface area (Å²) in [6.07, 6.45) is 0. The summed E-state index contributed by atoms with van der Waals surface area (Å²) in [5, 5.41) is 0. The molecule has 11 heavy (non-hydrogen) atoms. The van der Waals surface area contributed by atoms with Crippen LogP contribution < -0.4 is 4.74 Å². The number of carbonyl (C=O) groups excluding carboxylic acids is 1. The molecule has 0 spiro atoms. The molecule has 60 valence electrons. The highest BCUT2D eigenvalue weighted by Crippen LogP contribution is 2.15. The second kappa shape index (κ2) is 3.09. The van der Waals surface area contributed by atoms with Crippen molar-refractivity contribution in [3.63, 3.8) is 0 Å². The van der Waals surface area contributed by atoms with Gasteiger partial charge in [-0.25, -0.2) is 4.79 Å². The third kappa shape index (κ3) is 1.52. The van der Waals surface area contributed by atoms with E-state index in [1.165, 1.54) is 20.3 Å². The summed E-state index contributed by atoms with van der Waals surface area (Å²) in [6.45, 7) is 0. The van der Waals surface area contributed by atoms with E-state index in [4.69, 9.17) is 9.15 Å². The smallest absolute Gasteiger partial charge is 0.374 e. The van der Waals surface area contributed by atoms with Gasteiger partial charge >= 0.3 is 5.97 Å². The topological polar surface area (TPSA) is 48.7 Å². The Bertz CT molecular complexity index is 251. The standard InChI is InChI=1S/C7H8O4/c1-9-6-4-3-5(11-6)7(8)10-2/h3-4H,1-2H3. The minimum Gasteiger partial charge on any atom is -0.468 e. The van der Waals surface area contributed by atoms with Crippen LogP contribution in [0, 0.1) is 0 Å². The number of furan rings is 1. The summed E-state index contributed by atoms with van der Waals surface area (Å²) >= 11 is 0. The molecular weight excluding hydrogens is 148 g/mol. The van der Waals surface area contributed by atoms with Gasteiger partial charge in [0.05, 0.1) is 14.2 Å². The van der Waals surface area contributed by atoms with Crippen LogP contribution in [0.2, 0.25) is 0 Å². The lowest BCUT2D eigenvalue weighted by atomic mass is 10.5. The fourth-order valence-electron chi connectivity index (χ4n) is 0.640. The Balaban J connectivity index is 2.80. The molecule has 0 bridgehead atoms. The van der Waals surface area contributed by atoms with E-state index in [1.54, 1.807) is 6.07 Å². The van der Waals surface area contributed by atoms with Crippen LogP contribution in [0.1, 0.15) is 10.6 Å². The maximum atomic E-state index is 10.8. The van der Waals surface area contributed by atoms with E-state index < -0.39 is 5.97 Å². The number of ether oxygens (including phenoxy) is 2. The molecule has 1 rings (SSSR count). The Morgan fingerprint density at radius 1 is 1.45 bits per heavy atom. The molecule has 0 aliphatic heterocycles. The number of hydrogen-bond donors (Lipinski definition) is 0. The first-order chi connectivity index (χ1) is 5.27. The molecule has 1 aromatic heterocycles. The highest BCUT2D eigenvalue weighted by molar-refractivity contribution is 5.86. The molecule has 4 heteroatoms. The van der Waals surface area contributed by atoms with Gasteiger partial charge in [-0.05, 0) is 6.07 Å². The van der Waals surface area contributed by atoms with E-state index in [-0.39, 0.29) is 5.76 Å². The molecule has 4 nitrogen and oxygen atoms in total. The van der Waals surface area contributed by atoms with Crippen molar-refractivity contribution in [3.05, 3.63) is 17.9 Å². The minimum absolute atomic E-state index is 0.143. The highest BCUT2D eigenvalue weighted by Gasteiger charge is 2.10. The lowest BCUT2D eigenvalue weighted by Crippen LogP contribution is -1.98. The first-order valence-electron chi connectivity index (χ1n) is 3.00. The van der Waals surface area contributed by atoms with Gasteiger partial charge in [0, 0.05) is 6.07 Å². The molecule has 0 saturated heterocycles. The van der Waals surface area contributed by atoms with Crippen molar-refractivity contribution in [3.8, 4) is 5.95 Å². The zero-order valence-corrected chi connectivity index (χ0v) is 6.29. The molecule has 1 heterocycles. The summed E-state index contributed by atoms with van der Waals surface area (Å²) in [6, 6.07) is 3.04. The second-order valence-corrected chi connectivity index (χ2v) is 1.81. The Morgan fingerprint density at radius 2 is 2.18 bits per heavy atom. The van der Waals surface area contributed by atoms with Crippen molar-refractivity contribution in [2.45, 2.75) is 0 Å². The zero-order chi connectivity index (χ0) is 8.27. The number of hydrogen-bond acceptors (Lipinski definition) is 4. The van der Waals surface area contributed by atoms with Crippen LogP contribution in [0.25, 0.3) is 0 Å². The van der Waals surface area contributed by atoms with Gasteiger partial charge in [-0.2, -0.15) is 0 Å². The zero-order valence-electron chi connectivity index (χ0n) is 6.29. The maximum absolute atomic E-state index is 10.8. The van der Waals surface area contributed by atoms with Crippen molar-refractivity contribution in [2.24, 2.45) is 0 Å². The number of rotatable bonds is 2. The quantitative estimate of drug-likeness (QED) is 0.601. The molecule has 0 radical (unpaired) electrons. The number of esters is 1. The lowest BCUT2D eigenvalue weighted by Gasteiger charge is -1.92. The third-order valence-corrected chi connectivity index (χ3v) is 1.17. The Morgan fingerprint density at radius 3 is 2.64 bits per heavy atom.